The number of nitrogens with zero attached hydrogens (tertiary/aromatic N) is 3. The van der Waals surface area contributed by atoms with E-state index >= 15 is 0 Å². The molecule has 0 bridgehead atoms. The number of carbonyl (C=O) groups is 2. The van der Waals surface area contributed by atoms with E-state index < -0.39 is 5.91 Å². The molecule has 3 rings (SSSR count). The average Bonchev–Trinajstić information content (AvgIpc) is 2.63. The van der Waals surface area contributed by atoms with Gasteiger partial charge in [0.15, 0.2) is 0 Å². The quantitative estimate of drug-likeness (QED) is 0.884. The van der Waals surface area contributed by atoms with Crippen molar-refractivity contribution in [2.24, 2.45) is 5.73 Å². The highest BCUT2D eigenvalue weighted by Crippen LogP contribution is 2.11. The highest BCUT2D eigenvalue weighted by Gasteiger charge is 2.21. The van der Waals surface area contributed by atoms with Crippen LogP contribution >= 0.6 is 0 Å². The van der Waals surface area contributed by atoms with E-state index in [1.54, 1.807) is 24.5 Å². The lowest BCUT2D eigenvalue weighted by molar-refractivity contribution is -0.132. The highest BCUT2D eigenvalue weighted by molar-refractivity contribution is 5.92. The van der Waals surface area contributed by atoms with Gasteiger partial charge in [-0.3, -0.25) is 19.5 Å². The van der Waals surface area contributed by atoms with E-state index in [0.29, 0.717) is 12.0 Å². The van der Waals surface area contributed by atoms with E-state index in [0.717, 1.165) is 43.9 Å². The molecule has 25 heavy (non-hydrogen) atoms. The molecule has 6 heteroatoms. The van der Waals surface area contributed by atoms with E-state index in [1.165, 1.54) is 0 Å². The molecule has 0 aliphatic carbocycles. The predicted molar refractivity (Wildman–Crippen MR) is 94.8 cm³/mol. The largest absolute Gasteiger partial charge is 0.366 e. The van der Waals surface area contributed by atoms with Crippen molar-refractivity contribution < 1.29 is 9.59 Å². The fourth-order valence-electron chi connectivity index (χ4n) is 2.98. The molecule has 2 aromatic rings. The lowest BCUT2D eigenvalue weighted by atomic mass is 10.1. The molecular formula is C19H22N4O2. The van der Waals surface area contributed by atoms with Crippen molar-refractivity contribution in [3.63, 3.8) is 0 Å². The summed E-state index contributed by atoms with van der Waals surface area (Å²) in [5.74, 6) is -0.259. The second kappa shape index (κ2) is 7.90. The van der Waals surface area contributed by atoms with Crippen LogP contribution in [0.15, 0.2) is 48.8 Å². The summed E-state index contributed by atoms with van der Waals surface area (Å²) in [7, 11) is 0. The van der Waals surface area contributed by atoms with Crippen molar-refractivity contribution in [1.29, 1.82) is 0 Å². The van der Waals surface area contributed by atoms with Gasteiger partial charge in [-0.05, 0) is 29.3 Å². The van der Waals surface area contributed by atoms with Gasteiger partial charge in [0.05, 0.1) is 6.42 Å². The van der Waals surface area contributed by atoms with Crippen LogP contribution < -0.4 is 5.73 Å². The number of rotatable bonds is 5. The Kier molecular flexibility index (Phi) is 5.40. The molecule has 1 aromatic carbocycles. The minimum atomic E-state index is -0.410. The molecule has 1 fully saturated rings. The van der Waals surface area contributed by atoms with Crippen molar-refractivity contribution in [3.05, 3.63) is 65.5 Å². The monoisotopic (exact) mass is 338 g/mol. The van der Waals surface area contributed by atoms with Gasteiger partial charge in [0.2, 0.25) is 11.8 Å². The fourth-order valence-corrected chi connectivity index (χ4v) is 2.98. The minimum absolute atomic E-state index is 0.151. The first kappa shape index (κ1) is 17.1. The van der Waals surface area contributed by atoms with Crippen molar-refractivity contribution in [1.82, 2.24) is 14.8 Å². The Labute approximate surface area is 147 Å². The lowest BCUT2D eigenvalue weighted by Gasteiger charge is -2.34. The summed E-state index contributed by atoms with van der Waals surface area (Å²) in [6.45, 7) is 3.97. The Balaban J connectivity index is 1.48. The standard InChI is InChI=1S/C19H22N4O2/c20-19(25)17-5-3-15(4-6-17)14-22-8-10-23(11-9-22)18(24)12-16-2-1-7-21-13-16/h1-7,13H,8-12,14H2,(H2,20,25). The van der Waals surface area contributed by atoms with Crippen LogP contribution in [0.25, 0.3) is 0 Å². The first-order valence-corrected chi connectivity index (χ1v) is 8.39. The first-order chi connectivity index (χ1) is 12.1. The van der Waals surface area contributed by atoms with Gasteiger partial charge in [0.25, 0.3) is 0 Å². The number of primary amides is 1. The zero-order valence-corrected chi connectivity index (χ0v) is 14.1. The second-order valence-corrected chi connectivity index (χ2v) is 6.26. The molecule has 1 aliphatic heterocycles. The van der Waals surface area contributed by atoms with Gasteiger partial charge in [0, 0.05) is 50.7 Å². The number of benzene rings is 1. The lowest BCUT2D eigenvalue weighted by Crippen LogP contribution is -2.48. The number of hydrogen-bond donors (Lipinski definition) is 1. The van der Waals surface area contributed by atoms with E-state index in [-0.39, 0.29) is 5.91 Å². The molecule has 0 radical (unpaired) electrons. The zero-order valence-electron chi connectivity index (χ0n) is 14.1. The van der Waals surface area contributed by atoms with Crippen molar-refractivity contribution in [2.45, 2.75) is 13.0 Å². The maximum atomic E-state index is 12.4. The highest BCUT2D eigenvalue weighted by atomic mass is 16.2. The number of aromatic nitrogens is 1. The second-order valence-electron chi connectivity index (χ2n) is 6.26. The molecule has 0 unspecified atom stereocenters. The number of piperazine rings is 1. The molecule has 2 amide bonds. The van der Waals surface area contributed by atoms with Crippen molar-refractivity contribution in [2.75, 3.05) is 26.2 Å². The number of carbonyl (C=O) groups excluding carboxylic acids is 2. The number of hydrogen-bond acceptors (Lipinski definition) is 4. The summed E-state index contributed by atoms with van der Waals surface area (Å²) in [6.07, 6.45) is 3.86. The molecule has 2 heterocycles. The molecular weight excluding hydrogens is 316 g/mol. The van der Waals surface area contributed by atoms with Gasteiger partial charge in [-0.15, -0.1) is 0 Å². The van der Waals surface area contributed by atoms with Crippen LogP contribution in [0.1, 0.15) is 21.5 Å². The van der Waals surface area contributed by atoms with E-state index in [4.69, 9.17) is 5.73 Å². The topological polar surface area (TPSA) is 79.5 Å². The Bertz CT molecular complexity index is 723. The van der Waals surface area contributed by atoms with Crippen LogP contribution in [-0.4, -0.2) is 52.8 Å². The summed E-state index contributed by atoms with van der Waals surface area (Å²) in [5, 5.41) is 0. The normalized spacial score (nSPS) is 15.1. The van der Waals surface area contributed by atoms with Crippen LogP contribution in [0, 0.1) is 0 Å². The van der Waals surface area contributed by atoms with Gasteiger partial charge in [-0.25, -0.2) is 0 Å². The van der Waals surface area contributed by atoms with E-state index in [1.807, 2.05) is 29.2 Å². The maximum absolute atomic E-state index is 12.4. The van der Waals surface area contributed by atoms with Crippen LogP contribution in [0.5, 0.6) is 0 Å². The summed E-state index contributed by atoms with van der Waals surface area (Å²) in [4.78, 5) is 31.8. The summed E-state index contributed by atoms with van der Waals surface area (Å²) in [5.41, 5.74) is 7.87. The Morgan fingerprint density at radius 2 is 1.72 bits per heavy atom. The Morgan fingerprint density at radius 3 is 2.32 bits per heavy atom. The Morgan fingerprint density at radius 1 is 1.00 bits per heavy atom. The molecule has 0 spiro atoms. The molecule has 6 nitrogen and oxygen atoms in total. The summed E-state index contributed by atoms with van der Waals surface area (Å²) >= 11 is 0. The Hall–Kier alpha value is -2.73. The zero-order chi connectivity index (χ0) is 17.6. The third-order valence-corrected chi connectivity index (χ3v) is 4.45. The SMILES string of the molecule is NC(=O)c1ccc(CN2CCN(C(=O)Cc3cccnc3)CC2)cc1. The summed E-state index contributed by atoms with van der Waals surface area (Å²) in [6, 6.07) is 11.2. The molecule has 2 N–H and O–H groups in total. The van der Waals surface area contributed by atoms with Gasteiger partial charge in [-0.1, -0.05) is 18.2 Å². The van der Waals surface area contributed by atoms with Crippen LogP contribution in [0.3, 0.4) is 0 Å². The third-order valence-electron chi connectivity index (χ3n) is 4.45. The van der Waals surface area contributed by atoms with Crippen LogP contribution in [-0.2, 0) is 17.8 Å². The molecule has 0 saturated carbocycles. The fraction of sp³-hybridized carbons (Fsp3) is 0.316. The number of pyridine rings is 1. The third kappa shape index (κ3) is 4.64. The van der Waals surface area contributed by atoms with Crippen LogP contribution in [0.4, 0.5) is 0 Å². The predicted octanol–water partition coefficient (Wildman–Crippen LogP) is 1.07. The smallest absolute Gasteiger partial charge is 0.248 e. The molecule has 1 saturated heterocycles. The van der Waals surface area contributed by atoms with Gasteiger partial charge in [-0.2, -0.15) is 0 Å². The summed E-state index contributed by atoms with van der Waals surface area (Å²) < 4.78 is 0. The molecule has 0 atom stereocenters. The minimum Gasteiger partial charge on any atom is -0.366 e. The van der Waals surface area contributed by atoms with Gasteiger partial charge < -0.3 is 10.6 Å². The molecule has 1 aromatic heterocycles. The van der Waals surface area contributed by atoms with Gasteiger partial charge in [0.1, 0.15) is 0 Å². The molecule has 130 valence electrons. The van der Waals surface area contributed by atoms with Crippen molar-refractivity contribution >= 4 is 11.8 Å². The number of amides is 2. The molecule has 1 aliphatic rings. The maximum Gasteiger partial charge on any atom is 0.248 e. The van der Waals surface area contributed by atoms with E-state index in [2.05, 4.69) is 9.88 Å². The van der Waals surface area contributed by atoms with E-state index in [9.17, 15) is 9.59 Å². The van der Waals surface area contributed by atoms with Gasteiger partial charge >= 0.3 is 0 Å². The van der Waals surface area contributed by atoms with Crippen molar-refractivity contribution in [3.8, 4) is 0 Å². The van der Waals surface area contributed by atoms with Crippen LogP contribution in [0.2, 0.25) is 0 Å². The number of nitrogens with two attached hydrogens (primary N) is 1. The average molecular weight is 338 g/mol. The first-order valence-electron chi connectivity index (χ1n) is 8.39.